The molecule has 2 aliphatic rings. The van der Waals surface area contributed by atoms with E-state index in [9.17, 15) is 9.59 Å². The Labute approximate surface area is 118 Å². The summed E-state index contributed by atoms with van der Waals surface area (Å²) in [6.07, 6.45) is 4.79. The van der Waals surface area contributed by atoms with E-state index in [1.54, 1.807) is 4.90 Å². The summed E-state index contributed by atoms with van der Waals surface area (Å²) in [4.78, 5) is 24.7. The molecule has 1 amide bonds. The van der Waals surface area contributed by atoms with Crippen molar-refractivity contribution >= 4 is 11.9 Å². The van der Waals surface area contributed by atoms with Crippen molar-refractivity contribution in [2.24, 2.45) is 5.92 Å². The Hall–Kier alpha value is -1.84. The molecule has 1 aliphatic carbocycles. The van der Waals surface area contributed by atoms with E-state index in [4.69, 9.17) is 5.11 Å². The molecule has 0 atom stereocenters. The minimum atomic E-state index is -0.782. The summed E-state index contributed by atoms with van der Waals surface area (Å²) < 4.78 is 0. The highest BCUT2D eigenvalue weighted by molar-refractivity contribution is 5.95. The van der Waals surface area contributed by atoms with Crippen LogP contribution in [0.15, 0.2) is 18.2 Å². The first kappa shape index (κ1) is 13.2. The van der Waals surface area contributed by atoms with Gasteiger partial charge in [0.25, 0.3) is 5.91 Å². The van der Waals surface area contributed by atoms with Crippen LogP contribution in [0.2, 0.25) is 0 Å². The summed E-state index contributed by atoms with van der Waals surface area (Å²) in [6, 6.07) is 6.02. The van der Waals surface area contributed by atoms with Crippen LogP contribution in [0.3, 0.4) is 0 Å². The number of hydrogen-bond acceptors (Lipinski definition) is 2. The first-order valence-electron chi connectivity index (χ1n) is 7.26. The summed E-state index contributed by atoms with van der Waals surface area (Å²) in [5.74, 6) is -0.620. The lowest BCUT2D eigenvalue weighted by atomic mass is 9.89. The highest BCUT2D eigenvalue weighted by atomic mass is 16.4. The first-order valence-corrected chi connectivity index (χ1v) is 7.26. The number of aryl methyl sites for hydroxylation is 2. The van der Waals surface area contributed by atoms with Gasteiger partial charge in [0.15, 0.2) is 0 Å². The average molecular weight is 273 g/mol. The molecule has 1 saturated heterocycles. The highest BCUT2D eigenvalue weighted by Gasteiger charge is 2.32. The van der Waals surface area contributed by atoms with Gasteiger partial charge >= 0.3 is 5.97 Å². The van der Waals surface area contributed by atoms with Gasteiger partial charge < -0.3 is 10.0 Å². The van der Waals surface area contributed by atoms with Crippen LogP contribution in [-0.2, 0) is 17.6 Å². The Morgan fingerprint density at radius 2 is 1.85 bits per heavy atom. The molecular formula is C16H19NO3. The monoisotopic (exact) mass is 273 g/mol. The van der Waals surface area contributed by atoms with Crippen LogP contribution >= 0.6 is 0 Å². The summed E-state index contributed by atoms with van der Waals surface area (Å²) >= 11 is 0. The van der Waals surface area contributed by atoms with Gasteiger partial charge in [-0.15, -0.1) is 0 Å². The van der Waals surface area contributed by atoms with Gasteiger partial charge in [0.2, 0.25) is 0 Å². The van der Waals surface area contributed by atoms with Crippen LogP contribution < -0.4 is 0 Å². The SMILES string of the molecule is O=C(O)CC1CN(C(=O)c2ccc3c(c2)CCCC3)C1. The highest BCUT2D eigenvalue weighted by Crippen LogP contribution is 2.25. The minimum absolute atomic E-state index is 0.0417. The van der Waals surface area contributed by atoms with Crippen molar-refractivity contribution in [2.75, 3.05) is 13.1 Å². The Kier molecular flexibility index (Phi) is 3.47. The molecule has 20 heavy (non-hydrogen) atoms. The molecule has 106 valence electrons. The topological polar surface area (TPSA) is 57.6 Å². The predicted molar refractivity (Wildman–Crippen MR) is 74.7 cm³/mol. The minimum Gasteiger partial charge on any atom is -0.481 e. The van der Waals surface area contributed by atoms with Crippen LogP contribution in [-0.4, -0.2) is 35.0 Å². The van der Waals surface area contributed by atoms with E-state index in [2.05, 4.69) is 6.07 Å². The number of carbonyl (C=O) groups is 2. The van der Waals surface area contributed by atoms with Gasteiger partial charge in [-0.2, -0.15) is 0 Å². The van der Waals surface area contributed by atoms with Crippen LogP contribution in [0, 0.1) is 5.92 Å². The van der Waals surface area contributed by atoms with Crippen molar-refractivity contribution in [1.82, 2.24) is 4.90 Å². The van der Waals surface area contributed by atoms with Crippen molar-refractivity contribution < 1.29 is 14.7 Å². The van der Waals surface area contributed by atoms with Crippen molar-refractivity contribution in [3.8, 4) is 0 Å². The lowest BCUT2D eigenvalue weighted by Gasteiger charge is -2.38. The molecule has 1 aromatic carbocycles. The molecule has 1 heterocycles. The third-order valence-corrected chi connectivity index (χ3v) is 4.30. The standard InChI is InChI=1S/C16H19NO3/c18-15(19)7-11-9-17(10-11)16(20)14-6-5-12-3-1-2-4-13(12)8-14/h5-6,8,11H,1-4,7,9-10H2,(H,18,19). The van der Waals surface area contributed by atoms with Crippen molar-refractivity contribution in [3.05, 3.63) is 34.9 Å². The number of nitrogens with zero attached hydrogens (tertiary/aromatic N) is 1. The van der Waals surface area contributed by atoms with Crippen molar-refractivity contribution in [1.29, 1.82) is 0 Å². The fourth-order valence-corrected chi connectivity index (χ4v) is 3.16. The Balaban J connectivity index is 1.65. The van der Waals surface area contributed by atoms with E-state index < -0.39 is 5.97 Å². The van der Waals surface area contributed by atoms with Crippen LogP contribution in [0.4, 0.5) is 0 Å². The summed E-state index contributed by atoms with van der Waals surface area (Å²) in [6.45, 7) is 1.14. The van der Waals surface area contributed by atoms with Gasteiger partial charge in [-0.25, -0.2) is 0 Å². The number of amides is 1. The summed E-state index contributed by atoms with van der Waals surface area (Å²) in [5.41, 5.74) is 3.43. The number of hydrogen-bond donors (Lipinski definition) is 1. The van der Waals surface area contributed by atoms with E-state index in [-0.39, 0.29) is 18.2 Å². The lowest BCUT2D eigenvalue weighted by molar-refractivity contribution is -0.139. The van der Waals surface area contributed by atoms with Crippen molar-refractivity contribution in [3.63, 3.8) is 0 Å². The zero-order valence-electron chi connectivity index (χ0n) is 11.5. The number of likely N-dealkylation sites (tertiary alicyclic amines) is 1. The van der Waals surface area contributed by atoms with Gasteiger partial charge in [-0.1, -0.05) is 6.07 Å². The zero-order chi connectivity index (χ0) is 14.1. The second-order valence-corrected chi connectivity index (χ2v) is 5.86. The maximum atomic E-state index is 12.3. The zero-order valence-corrected chi connectivity index (χ0v) is 11.5. The second-order valence-electron chi connectivity index (χ2n) is 5.86. The summed E-state index contributed by atoms with van der Waals surface area (Å²) in [5, 5.41) is 8.72. The number of fused-ring (bicyclic) bond motifs is 1. The fourth-order valence-electron chi connectivity index (χ4n) is 3.16. The molecule has 0 radical (unpaired) electrons. The molecule has 4 heteroatoms. The van der Waals surface area contributed by atoms with Gasteiger partial charge in [0.1, 0.15) is 0 Å². The van der Waals surface area contributed by atoms with Crippen molar-refractivity contribution in [2.45, 2.75) is 32.1 Å². The molecule has 0 spiro atoms. The number of carbonyl (C=O) groups excluding carboxylic acids is 1. The molecule has 0 saturated carbocycles. The molecule has 0 unspecified atom stereocenters. The molecule has 3 rings (SSSR count). The maximum Gasteiger partial charge on any atom is 0.303 e. The molecule has 1 fully saturated rings. The number of rotatable bonds is 3. The van der Waals surface area contributed by atoms with E-state index in [1.807, 2.05) is 12.1 Å². The number of carboxylic acid groups (broad SMARTS) is 1. The van der Waals surface area contributed by atoms with E-state index >= 15 is 0 Å². The van der Waals surface area contributed by atoms with Crippen LogP contribution in [0.1, 0.15) is 40.7 Å². The lowest BCUT2D eigenvalue weighted by Crippen LogP contribution is -2.50. The molecule has 0 bridgehead atoms. The van der Waals surface area contributed by atoms with E-state index in [0.29, 0.717) is 13.1 Å². The normalized spacial score (nSPS) is 18.3. The van der Waals surface area contributed by atoms with Gasteiger partial charge in [-0.3, -0.25) is 9.59 Å². The molecule has 0 aromatic heterocycles. The number of aliphatic carboxylic acids is 1. The average Bonchev–Trinajstić information content (AvgIpc) is 2.41. The largest absolute Gasteiger partial charge is 0.481 e. The van der Waals surface area contributed by atoms with E-state index in [0.717, 1.165) is 18.4 Å². The molecule has 4 nitrogen and oxygen atoms in total. The maximum absolute atomic E-state index is 12.3. The third kappa shape index (κ3) is 2.55. The first-order chi connectivity index (χ1) is 9.63. The predicted octanol–water partition coefficient (Wildman–Crippen LogP) is 2.11. The fraction of sp³-hybridized carbons (Fsp3) is 0.500. The Morgan fingerprint density at radius 1 is 1.15 bits per heavy atom. The second kappa shape index (κ2) is 5.27. The van der Waals surface area contributed by atoms with Gasteiger partial charge in [0, 0.05) is 24.6 Å². The number of benzene rings is 1. The van der Waals surface area contributed by atoms with Gasteiger partial charge in [0.05, 0.1) is 6.42 Å². The quantitative estimate of drug-likeness (QED) is 0.917. The van der Waals surface area contributed by atoms with E-state index in [1.165, 1.54) is 24.0 Å². The number of carboxylic acids is 1. The Bertz CT molecular complexity index is 547. The molecule has 1 aliphatic heterocycles. The summed E-state index contributed by atoms with van der Waals surface area (Å²) in [7, 11) is 0. The Morgan fingerprint density at radius 3 is 2.55 bits per heavy atom. The molecule has 1 N–H and O–H groups in total. The molecular weight excluding hydrogens is 254 g/mol. The van der Waals surface area contributed by atoms with Gasteiger partial charge in [-0.05, 0) is 48.9 Å². The van der Waals surface area contributed by atoms with Crippen LogP contribution in [0.5, 0.6) is 0 Å². The third-order valence-electron chi connectivity index (χ3n) is 4.30. The molecule has 1 aromatic rings. The van der Waals surface area contributed by atoms with Crippen LogP contribution in [0.25, 0.3) is 0 Å². The smallest absolute Gasteiger partial charge is 0.303 e.